The number of carbonyl (C=O) groups excluding carboxylic acids is 1. The maximum absolute atomic E-state index is 13.3. The van der Waals surface area contributed by atoms with E-state index < -0.39 is 0 Å². The Hall–Kier alpha value is -3.61. The number of amides is 2. The summed E-state index contributed by atoms with van der Waals surface area (Å²) in [5, 5.41) is 6.35. The van der Waals surface area contributed by atoms with Crippen molar-refractivity contribution in [3.63, 3.8) is 0 Å². The number of nitrogens with zero attached hydrogens (tertiary/aromatic N) is 4. The Kier molecular flexibility index (Phi) is 6.02. The zero-order valence-corrected chi connectivity index (χ0v) is 18.2. The van der Waals surface area contributed by atoms with Gasteiger partial charge in [0.15, 0.2) is 5.82 Å². The molecule has 3 heterocycles. The van der Waals surface area contributed by atoms with Crippen molar-refractivity contribution in [2.75, 3.05) is 41.1 Å². The fraction of sp³-hybridized carbons (Fsp3) is 0.292. The Bertz CT molecular complexity index is 1050. The van der Waals surface area contributed by atoms with E-state index in [1.54, 1.807) is 17.2 Å². The molecule has 7 heteroatoms. The van der Waals surface area contributed by atoms with Crippen LogP contribution < -0.4 is 20.4 Å². The fourth-order valence-corrected chi connectivity index (χ4v) is 3.74. The summed E-state index contributed by atoms with van der Waals surface area (Å²) in [6.07, 6.45) is 3.51. The highest BCUT2D eigenvalue weighted by atomic mass is 16.2. The van der Waals surface area contributed by atoms with E-state index in [0.29, 0.717) is 11.6 Å². The molecule has 4 rings (SSSR count). The molecular weight excluding hydrogens is 388 g/mol. The maximum Gasteiger partial charge on any atom is 0.328 e. The second kappa shape index (κ2) is 9.04. The van der Waals surface area contributed by atoms with E-state index in [1.807, 2.05) is 50.5 Å². The number of aromatic nitrogens is 2. The van der Waals surface area contributed by atoms with Crippen LogP contribution >= 0.6 is 0 Å². The molecule has 2 aromatic heterocycles. The summed E-state index contributed by atoms with van der Waals surface area (Å²) in [5.41, 5.74) is 3.79. The van der Waals surface area contributed by atoms with Gasteiger partial charge >= 0.3 is 6.03 Å². The van der Waals surface area contributed by atoms with Crippen molar-refractivity contribution < 1.29 is 4.79 Å². The van der Waals surface area contributed by atoms with Crippen LogP contribution in [0.15, 0.2) is 60.8 Å². The number of carbonyl (C=O) groups is 1. The molecule has 2 amide bonds. The SMILES string of the molecule is C[C@@H]1CCCNc2ccc(-c3cccc(N(C)C)c3)nc2N1C(=O)Nc1ccccn1. The lowest BCUT2D eigenvalue weighted by atomic mass is 10.1. The lowest BCUT2D eigenvalue weighted by Gasteiger charge is -2.32. The van der Waals surface area contributed by atoms with E-state index in [1.165, 1.54) is 0 Å². The molecule has 0 unspecified atom stereocenters. The van der Waals surface area contributed by atoms with Gasteiger partial charge < -0.3 is 10.2 Å². The maximum atomic E-state index is 13.3. The second-order valence-corrected chi connectivity index (χ2v) is 7.95. The van der Waals surface area contributed by atoms with Gasteiger partial charge in [-0.25, -0.2) is 14.8 Å². The van der Waals surface area contributed by atoms with Gasteiger partial charge in [0.05, 0.1) is 11.4 Å². The lowest BCUT2D eigenvalue weighted by Crippen LogP contribution is -2.43. The van der Waals surface area contributed by atoms with E-state index >= 15 is 0 Å². The van der Waals surface area contributed by atoms with Gasteiger partial charge in [-0.3, -0.25) is 10.2 Å². The summed E-state index contributed by atoms with van der Waals surface area (Å²) < 4.78 is 0. The molecule has 0 fully saturated rings. The number of rotatable bonds is 3. The molecule has 7 nitrogen and oxygen atoms in total. The molecule has 2 N–H and O–H groups in total. The zero-order chi connectivity index (χ0) is 21.8. The molecule has 0 spiro atoms. The summed E-state index contributed by atoms with van der Waals surface area (Å²) in [5.74, 6) is 1.15. The molecule has 1 atom stereocenters. The Labute approximate surface area is 183 Å². The van der Waals surface area contributed by atoms with Crippen molar-refractivity contribution in [2.24, 2.45) is 0 Å². The van der Waals surface area contributed by atoms with Gasteiger partial charge in [-0.05, 0) is 56.2 Å². The number of nitrogens with one attached hydrogen (secondary N) is 2. The molecule has 1 aromatic carbocycles. The number of urea groups is 1. The molecule has 0 saturated carbocycles. The molecule has 0 saturated heterocycles. The van der Waals surface area contributed by atoms with Crippen LogP contribution in [0.5, 0.6) is 0 Å². The molecule has 0 radical (unpaired) electrons. The number of hydrogen-bond acceptors (Lipinski definition) is 5. The highest BCUT2D eigenvalue weighted by Gasteiger charge is 2.28. The fourth-order valence-electron chi connectivity index (χ4n) is 3.74. The average Bonchev–Trinajstić information content (AvgIpc) is 2.77. The van der Waals surface area contributed by atoms with Crippen LogP contribution in [0.25, 0.3) is 11.3 Å². The molecule has 1 aliphatic heterocycles. The largest absolute Gasteiger partial charge is 0.382 e. The summed E-state index contributed by atoms with van der Waals surface area (Å²) in [6, 6.07) is 17.5. The van der Waals surface area contributed by atoms with E-state index in [9.17, 15) is 4.79 Å². The number of anilines is 4. The van der Waals surface area contributed by atoms with E-state index in [0.717, 1.165) is 42.0 Å². The minimum Gasteiger partial charge on any atom is -0.382 e. The normalized spacial score (nSPS) is 15.8. The summed E-state index contributed by atoms with van der Waals surface area (Å²) >= 11 is 0. The van der Waals surface area contributed by atoms with Crippen LogP contribution in [-0.2, 0) is 0 Å². The van der Waals surface area contributed by atoms with Crippen LogP contribution in [0.1, 0.15) is 19.8 Å². The average molecular weight is 417 g/mol. The Balaban J connectivity index is 1.74. The number of pyridine rings is 2. The molecule has 1 aliphatic rings. The molecule has 0 aliphatic carbocycles. The third-order valence-corrected chi connectivity index (χ3v) is 5.44. The lowest BCUT2D eigenvalue weighted by molar-refractivity contribution is 0.254. The second-order valence-electron chi connectivity index (χ2n) is 7.95. The van der Waals surface area contributed by atoms with E-state index in [-0.39, 0.29) is 12.1 Å². The first kappa shape index (κ1) is 20.7. The minimum absolute atomic E-state index is 0.000390. The Morgan fingerprint density at radius 1 is 1.16 bits per heavy atom. The van der Waals surface area contributed by atoms with Gasteiger partial charge in [0.2, 0.25) is 0 Å². The first-order valence-corrected chi connectivity index (χ1v) is 10.6. The quantitative estimate of drug-likeness (QED) is 0.639. The molecular formula is C24H28N6O. The zero-order valence-electron chi connectivity index (χ0n) is 18.2. The van der Waals surface area contributed by atoms with Gasteiger partial charge in [-0.15, -0.1) is 0 Å². The predicted molar refractivity (Wildman–Crippen MR) is 127 cm³/mol. The third kappa shape index (κ3) is 4.60. The van der Waals surface area contributed by atoms with Gasteiger partial charge in [-0.1, -0.05) is 18.2 Å². The van der Waals surface area contributed by atoms with Crippen molar-refractivity contribution in [1.82, 2.24) is 9.97 Å². The van der Waals surface area contributed by atoms with Crippen LogP contribution in [0.2, 0.25) is 0 Å². The minimum atomic E-state index is -0.233. The summed E-state index contributed by atoms with van der Waals surface area (Å²) in [7, 11) is 4.03. The third-order valence-electron chi connectivity index (χ3n) is 5.44. The van der Waals surface area contributed by atoms with Crippen molar-refractivity contribution in [3.05, 3.63) is 60.8 Å². The summed E-state index contributed by atoms with van der Waals surface area (Å²) in [4.78, 5) is 26.3. The van der Waals surface area contributed by atoms with Crippen LogP contribution in [0.4, 0.5) is 27.8 Å². The van der Waals surface area contributed by atoms with Crippen molar-refractivity contribution in [1.29, 1.82) is 0 Å². The van der Waals surface area contributed by atoms with Crippen LogP contribution in [-0.4, -0.2) is 42.7 Å². The number of hydrogen-bond donors (Lipinski definition) is 2. The monoisotopic (exact) mass is 416 g/mol. The standard InChI is InChI=1S/C24H28N6O/c1-17-8-7-15-25-21-13-12-20(18-9-6-10-19(16-18)29(2)3)27-23(21)30(17)24(31)28-22-11-4-5-14-26-22/h4-6,9-14,16-17,25H,7-8,15H2,1-3H3,(H,26,28,31)/t17-/m1/s1. The first-order valence-electron chi connectivity index (χ1n) is 10.6. The van der Waals surface area contributed by atoms with Crippen LogP contribution in [0, 0.1) is 0 Å². The van der Waals surface area contributed by atoms with Gasteiger partial charge in [0.1, 0.15) is 5.82 Å². The van der Waals surface area contributed by atoms with Crippen molar-refractivity contribution in [2.45, 2.75) is 25.8 Å². The van der Waals surface area contributed by atoms with Gasteiger partial charge in [0, 0.05) is 44.1 Å². The van der Waals surface area contributed by atoms with Gasteiger partial charge in [0.25, 0.3) is 0 Å². The predicted octanol–water partition coefficient (Wildman–Crippen LogP) is 4.84. The highest BCUT2D eigenvalue weighted by molar-refractivity contribution is 6.03. The highest BCUT2D eigenvalue weighted by Crippen LogP contribution is 2.33. The number of fused-ring (bicyclic) bond motifs is 1. The van der Waals surface area contributed by atoms with E-state index in [2.05, 4.69) is 39.6 Å². The number of benzene rings is 1. The molecule has 160 valence electrons. The first-order chi connectivity index (χ1) is 15.0. The molecule has 3 aromatic rings. The smallest absolute Gasteiger partial charge is 0.328 e. The topological polar surface area (TPSA) is 73.4 Å². The van der Waals surface area contributed by atoms with Crippen LogP contribution in [0.3, 0.4) is 0 Å². The Morgan fingerprint density at radius 3 is 2.81 bits per heavy atom. The van der Waals surface area contributed by atoms with Crippen molar-refractivity contribution in [3.8, 4) is 11.3 Å². The van der Waals surface area contributed by atoms with Gasteiger partial charge in [-0.2, -0.15) is 0 Å². The Morgan fingerprint density at radius 2 is 2.03 bits per heavy atom. The molecule has 0 bridgehead atoms. The van der Waals surface area contributed by atoms with Crippen molar-refractivity contribution >= 4 is 29.0 Å². The van der Waals surface area contributed by atoms with E-state index in [4.69, 9.17) is 4.98 Å². The summed E-state index contributed by atoms with van der Waals surface area (Å²) in [6.45, 7) is 2.91. The molecule has 31 heavy (non-hydrogen) atoms.